The molecule has 2 rings (SSSR count). The summed E-state index contributed by atoms with van der Waals surface area (Å²) in [5.74, 6) is 0.461. The van der Waals surface area contributed by atoms with E-state index in [2.05, 4.69) is 21.4 Å². The van der Waals surface area contributed by atoms with Gasteiger partial charge in [0.15, 0.2) is 0 Å². The number of hydrogen-bond donors (Lipinski definition) is 1. The minimum Gasteiger partial charge on any atom is -0.372 e. The number of carbonyl (C=O) groups excluding carboxylic acids is 1. The zero-order chi connectivity index (χ0) is 14.7. The SMILES string of the molecule is CNc1cnc(C(=O)N(C)c2ccc(C)cc2C)cn1. The van der Waals surface area contributed by atoms with E-state index < -0.39 is 0 Å². The summed E-state index contributed by atoms with van der Waals surface area (Å²) in [6.07, 6.45) is 3.03. The van der Waals surface area contributed by atoms with Crippen molar-refractivity contribution in [2.45, 2.75) is 13.8 Å². The van der Waals surface area contributed by atoms with E-state index in [0.29, 0.717) is 11.5 Å². The van der Waals surface area contributed by atoms with Crippen molar-refractivity contribution in [1.82, 2.24) is 9.97 Å². The lowest BCUT2D eigenvalue weighted by atomic mass is 10.1. The van der Waals surface area contributed by atoms with Crippen LogP contribution >= 0.6 is 0 Å². The maximum absolute atomic E-state index is 12.4. The van der Waals surface area contributed by atoms with E-state index in [4.69, 9.17) is 0 Å². The molecule has 0 saturated carbocycles. The summed E-state index contributed by atoms with van der Waals surface area (Å²) in [6.45, 7) is 4.02. The van der Waals surface area contributed by atoms with Crippen LogP contribution in [0.15, 0.2) is 30.6 Å². The van der Waals surface area contributed by atoms with Gasteiger partial charge in [0, 0.05) is 19.8 Å². The van der Waals surface area contributed by atoms with Crippen LogP contribution in [0.1, 0.15) is 21.6 Å². The summed E-state index contributed by atoms with van der Waals surface area (Å²) < 4.78 is 0. The molecule has 0 aliphatic carbocycles. The van der Waals surface area contributed by atoms with Gasteiger partial charge >= 0.3 is 0 Å². The molecule has 1 aromatic heterocycles. The first-order valence-corrected chi connectivity index (χ1v) is 6.38. The topological polar surface area (TPSA) is 58.1 Å². The van der Waals surface area contributed by atoms with Gasteiger partial charge in [0.2, 0.25) is 0 Å². The standard InChI is InChI=1S/C15H18N4O/c1-10-5-6-13(11(2)7-10)19(4)15(20)12-8-18-14(16-3)9-17-12/h5-9H,1-4H3,(H,16,18). The number of benzene rings is 1. The molecule has 5 nitrogen and oxygen atoms in total. The Morgan fingerprint density at radius 3 is 2.50 bits per heavy atom. The quantitative estimate of drug-likeness (QED) is 0.930. The molecule has 0 unspecified atom stereocenters. The highest BCUT2D eigenvalue weighted by atomic mass is 16.2. The molecule has 1 aromatic carbocycles. The molecular weight excluding hydrogens is 252 g/mol. The van der Waals surface area contributed by atoms with Gasteiger partial charge in [-0.15, -0.1) is 0 Å². The van der Waals surface area contributed by atoms with Gasteiger partial charge in [-0.1, -0.05) is 17.7 Å². The van der Waals surface area contributed by atoms with Gasteiger partial charge < -0.3 is 10.2 Å². The van der Waals surface area contributed by atoms with Crippen LogP contribution in [0.2, 0.25) is 0 Å². The molecule has 2 aromatic rings. The Bertz CT molecular complexity index is 622. The molecule has 20 heavy (non-hydrogen) atoms. The average Bonchev–Trinajstić information content (AvgIpc) is 2.46. The number of carbonyl (C=O) groups is 1. The number of amides is 1. The molecule has 5 heteroatoms. The summed E-state index contributed by atoms with van der Waals surface area (Å²) in [5.41, 5.74) is 3.43. The molecule has 1 heterocycles. The van der Waals surface area contributed by atoms with Crippen LogP contribution in [-0.4, -0.2) is 30.0 Å². The van der Waals surface area contributed by atoms with Gasteiger partial charge in [-0.2, -0.15) is 0 Å². The lowest BCUT2D eigenvalue weighted by Crippen LogP contribution is -2.28. The smallest absolute Gasteiger partial charge is 0.278 e. The summed E-state index contributed by atoms with van der Waals surface area (Å²) >= 11 is 0. The molecule has 0 saturated heterocycles. The Hall–Kier alpha value is -2.43. The van der Waals surface area contributed by atoms with Gasteiger partial charge in [-0.05, 0) is 25.5 Å². The molecule has 104 valence electrons. The lowest BCUT2D eigenvalue weighted by molar-refractivity contribution is 0.0988. The van der Waals surface area contributed by atoms with Crippen molar-refractivity contribution in [3.63, 3.8) is 0 Å². The van der Waals surface area contributed by atoms with Crippen LogP contribution < -0.4 is 10.2 Å². The maximum Gasteiger partial charge on any atom is 0.278 e. The third kappa shape index (κ3) is 2.77. The maximum atomic E-state index is 12.4. The first-order valence-electron chi connectivity index (χ1n) is 6.38. The highest BCUT2D eigenvalue weighted by molar-refractivity contribution is 6.04. The summed E-state index contributed by atoms with van der Waals surface area (Å²) in [7, 11) is 3.50. The molecule has 0 radical (unpaired) electrons. The second-order valence-corrected chi connectivity index (χ2v) is 4.69. The number of nitrogens with one attached hydrogen (secondary N) is 1. The Morgan fingerprint density at radius 2 is 1.95 bits per heavy atom. The fraction of sp³-hybridized carbons (Fsp3) is 0.267. The fourth-order valence-corrected chi connectivity index (χ4v) is 2.03. The fourth-order valence-electron chi connectivity index (χ4n) is 2.03. The zero-order valence-electron chi connectivity index (χ0n) is 12.1. The third-order valence-electron chi connectivity index (χ3n) is 3.15. The zero-order valence-corrected chi connectivity index (χ0v) is 12.1. The van der Waals surface area contributed by atoms with Crippen molar-refractivity contribution in [3.8, 4) is 0 Å². The van der Waals surface area contributed by atoms with E-state index in [-0.39, 0.29) is 5.91 Å². The van der Waals surface area contributed by atoms with E-state index in [0.717, 1.165) is 11.3 Å². The number of anilines is 2. The highest BCUT2D eigenvalue weighted by Gasteiger charge is 2.16. The number of aromatic nitrogens is 2. The molecule has 0 aliphatic rings. The summed E-state index contributed by atoms with van der Waals surface area (Å²) in [4.78, 5) is 22.2. The summed E-state index contributed by atoms with van der Waals surface area (Å²) in [5, 5.41) is 2.87. The van der Waals surface area contributed by atoms with E-state index in [1.165, 1.54) is 11.8 Å². The van der Waals surface area contributed by atoms with Crippen LogP contribution in [0.3, 0.4) is 0 Å². The molecular formula is C15H18N4O. The Balaban J connectivity index is 2.27. The molecule has 0 atom stereocenters. The predicted molar refractivity (Wildman–Crippen MR) is 80.2 cm³/mol. The Morgan fingerprint density at radius 1 is 1.20 bits per heavy atom. The van der Waals surface area contributed by atoms with Crippen molar-refractivity contribution in [2.75, 3.05) is 24.3 Å². The first-order chi connectivity index (χ1) is 9.52. The lowest BCUT2D eigenvalue weighted by Gasteiger charge is -2.19. The normalized spacial score (nSPS) is 10.2. The highest BCUT2D eigenvalue weighted by Crippen LogP contribution is 2.21. The monoisotopic (exact) mass is 270 g/mol. The Labute approximate surface area is 118 Å². The van der Waals surface area contributed by atoms with E-state index in [9.17, 15) is 4.79 Å². The second-order valence-electron chi connectivity index (χ2n) is 4.69. The van der Waals surface area contributed by atoms with E-state index in [1.54, 1.807) is 25.2 Å². The largest absolute Gasteiger partial charge is 0.372 e. The van der Waals surface area contributed by atoms with Gasteiger partial charge in [-0.25, -0.2) is 9.97 Å². The molecule has 1 amide bonds. The van der Waals surface area contributed by atoms with Crippen molar-refractivity contribution in [2.24, 2.45) is 0 Å². The van der Waals surface area contributed by atoms with Crippen LogP contribution in [0, 0.1) is 13.8 Å². The number of aryl methyl sites for hydroxylation is 2. The molecule has 0 bridgehead atoms. The number of hydrogen-bond acceptors (Lipinski definition) is 4. The molecule has 0 aliphatic heterocycles. The third-order valence-corrected chi connectivity index (χ3v) is 3.15. The van der Waals surface area contributed by atoms with Crippen molar-refractivity contribution < 1.29 is 4.79 Å². The first kappa shape index (κ1) is 14.0. The van der Waals surface area contributed by atoms with Crippen molar-refractivity contribution >= 4 is 17.4 Å². The predicted octanol–water partition coefficient (Wildman–Crippen LogP) is 2.41. The number of nitrogens with zero attached hydrogens (tertiary/aromatic N) is 3. The summed E-state index contributed by atoms with van der Waals surface area (Å²) in [6, 6.07) is 5.98. The number of rotatable bonds is 3. The molecule has 1 N–H and O–H groups in total. The van der Waals surface area contributed by atoms with Gasteiger partial charge in [0.25, 0.3) is 5.91 Å². The van der Waals surface area contributed by atoms with Gasteiger partial charge in [0.05, 0.1) is 12.4 Å². The van der Waals surface area contributed by atoms with Crippen LogP contribution in [0.5, 0.6) is 0 Å². The Kier molecular flexibility index (Phi) is 3.98. The second kappa shape index (κ2) is 5.69. The van der Waals surface area contributed by atoms with E-state index in [1.807, 2.05) is 26.0 Å². The van der Waals surface area contributed by atoms with E-state index >= 15 is 0 Å². The van der Waals surface area contributed by atoms with Crippen LogP contribution in [0.4, 0.5) is 11.5 Å². The van der Waals surface area contributed by atoms with Gasteiger partial charge in [-0.3, -0.25) is 4.79 Å². The minimum absolute atomic E-state index is 0.174. The minimum atomic E-state index is -0.174. The van der Waals surface area contributed by atoms with Crippen molar-refractivity contribution in [1.29, 1.82) is 0 Å². The van der Waals surface area contributed by atoms with Gasteiger partial charge in [0.1, 0.15) is 11.5 Å². The molecule has 0 spiro atoms. The van der Waals surface area contributed by atoms with Crippen molar-refractivity contribution in [3.05, 3.63) is 47.4 Å². The molecule has 0 fully saturated rings. The van der Waals surface area contributed by atoms with Crippen LogP contribution in [0.25, 0.3) is 0 Å². The van der Waals surface area contributed by atoms with Crippen LogP contribution in [-0.2, 0) is 0 Å². The average molecular weight is 270 g/mol.